The van der Waals surface area contributed by atoms with Crippen molar-refractivity contribution in [2.24, 2.45) is 0 Å². The van der Waals surface area contributed by atoms with Crippen molar-refractivity contribution in [3.8, 4) is 5.75 Å². The number of para-hydroxylation sites is 1. The van der Waals surface area contributed by atoms with E-state index in [0.717, 1.165) is 22.6 Å². The van der Waals surface area contributed by atoms with Crippen LogP contribution < -0.4 is 10.1 Å². The molecule has 3 rings (SSSR count). The van der Waals surface area contributed by atoms with Gasteiger partial charge >= 0.3 is 0 Å². The lowest BCUT2D eigenvalue weighted by atomic mass is 9.91. The summed E-state index contributed by atoms with van der Waals surface area (Å²) in [5, 5.41) is 13.7. The fraction of sp³-hybridized carbons (Fsp3) is 0.250. The minimum Gasteiger partial charge on any atom is -0.497 e. The van der Waals surface area contributed by atoms with E-state index >= 15 is 0 Å². The van der Waals surface area contributed by atoms with Gasteiger partial charge in [-0.3, -0.25) is 0 Å². The van der Waals surface area contributed by atoms with E-state index in [9.17, 15) is 5.11 Å². The number of anilines is 1. The normalized spacial score (nSPS) is 21.4. The Balaban J connectivity index is 1.92. The van der Waals surface area contributed by atoms with E-state index in [1.165, 1.54) is 0 Å². The standard InChI is InChI=1S/C16H17NO2/c1-19-12-6-4-5-11(9-12)15-10-16(18)13-7-2-3-8-14(13)17-15/h2-9,15-18H,10H2,1H3/t15-,16-/m0/s1. The zero-order valence-corrected chi connectivity index (χ0v) is 10.8. The van der Waals surface area contributed by atoms with Crippen molar-refractivity contribution < 1.29 is 9.84 Å². The molecule has 0 fully saturated rings. The van der Waals surface area contributed by atoms with Crippen LogP contribution in [0.1, 0.15) is 29.7 Å². The lowest BCUT2D eigenvalue weighted by Gasteiger charge is -2.31. The molecule has 0 aromatic heterocycles. The topological polar surface area (TPSA) is 41.5 Å². The molecule has 3 heteroatoms. The number of fused-ring (bicyclic) bond motifs is 1. The summed E-state index contributed by atoms with van der Waals surface area (Å²) in [5.41, 5.74) is 3.11. The minimum absolute atomic E-state index is 0.111. The average Bonchev–Trinajstić information content (AvgIpc) is 2.47. The van der Waals surface area contributed by atoms with Crippen molar-refractivity contribution in [1.82, 2.24) is 0 Å². The Morgan fingerprint density at radius 1 is 1.16 bits per heavy atom. The van der Waals surface area contributed by atoms with Gasteiger partial charge in [-0.1, -0.05) is 30.3 Å². The van der Waals surface area contributed by atoms with E-state index in [1.54, 1.807) is 7.11 Å². The Hall–Kier alpha value is -2.00. The summed E-state index contributed by atoms with van der Waals surface area (Å²) in [7, 11) is 1.66. The number of hydrogen-bond donors (Lipinski definition) is 2. The Labute approximate surface area is 112 Å². The van der Waals surface area contributed by atoms with Crippen LogP contribution in [0.25, 0.3) is 0 Å². The Morgan fingerprint density at radius 3 is 2.84 bits per heavy atom. The molecular formula is C16H17NO2. The predicted molar refractivity (Wildman–Crippen MR) is 75.4 cm³/mol. The van der Waals surface area contributed by atoms with Gasteiger partial charge < -0.3 is 15.2 Å². The summed E-state index contributed by atoms with van der Waals surface area (Å²) in [6.45, 7) is 0. The van der Waals surface area contributed by atoms with Crippen molar-refractivity contribution >= 4 is 5.69 Å². The monoisotopic (exact) mass is 255 g/mol. The van der Waals surface area contributed by atoms with Crippen LogP contribution in [0.3, 0.4) is 0 Å². The molecule has 3 nitrogen and oxygen atoms in total. The molecular weight excluding hydrogens is 238 g/mol. The quantitative estimate of drug-likeness (QED) is 0.865. The third kappa shape index (κ3) is 2.29. The SMILES string of the molecule is COc1cccc([C@@H]2C[C@H](O)c3ccccc3N2)c1. The molecule has 1 heterocycles. The number of aliphatic hydroxyl groups excluding tert-OH is 1. The first-order valence-electron chi connectivity index (χ1n) is 6.45. The van der Waals surface area contributed by atoms with E-state index < -0.39 is 6.10 Å². The predicted octanol–water partition coefficient (Wildman–Crippen LogP) is 3.29. The van der Waals surface area contributed by atoms with Gasteiger partial charge in [0.15, 0.2) is 0 Å². The first kappa shape index (κ1) is 12.1. The molecule has 2 aromatic carbocycles. The summed E-state index contributed by atoms with van der Waals surface area (Å²) < 4.78 is 5.25. The number of methoxy groups -OCH3 is 1. The fourth-order valence-electron chi connectivity index (χ4n) is 2.59. The van der Waals surface area contributed by atoms with Crippen LogP contribution in [0.4, 0.5) is 5.69 Å². The van der Waals surface area contributed by atoms with Gasteiger partial charge in [-0.2, -0.15) is 0 Å². The molecule has 0 aliphatic carbocycles. The number of nitrogens with one attached hydrogen (secondary N) is 1. The molecule has 1 aliphatic heterocycles. The first-order valence-corrected chi connectivity index (χ1v) is 6.45. The minimum atomic E-state index is -0.423. The van der Waals surface area contributed by atoms with Crippen LogP contribution in [-0.4, -0.2) is 12.2 Å². The van der Waals surface area contributed by atoms with Crippen LogP contribution in [0.2, 0.25) is 0 Å². The molecule has 0 radical (unpaired) electrons. The number of ether oxygens (including phenoxy) is 1. The molecule has 98 valence electrons. The largest absolute Gasteiger partial charge is 0.497 e. The average molecular weight is 255 g/mol. The lowest BCUT2D eigenvalue weighted by molar-refractivity contribution is 0.156. The third-order valence-corrected chi connectivity index (χ3v) is 3.60. The molecule has 2 aromatic rings. The highest BCUT2D eigenvalue weighted by atomic mass is 16.5. The molecule has 0 amide bonds. The maximum Gasteiger partial charge on any atom is 0.119 e. The molecule has 0 spiro atoms. The molecule has 0 saturated carbocycles. The second-order valence-electron chi connectivity index (χ2n) is 4.81. The second-order valence-corrected chi connectivity index (χ2v) is 4.81. The summed E-state index contributed by atoms with van der Waals surface area (Å²) in [4.78, 5) is 0. The van der Waals surface area contributed by atoms with Crippen LogP contribution in [0.15, 0.2) is 48.5 Å². The molecule has 0 unspecified atom stereocenters. The maximum absolute atomic E-state index is 10.2. The van der Waals surface area contributed by atoms with E-state index in [0.29, 0.717) is 6.42 Å². The van der Waals surface area contributed by atoms with E-state index in [1.807, 2.05) is 42.5 Å². The van der Waals surface area contributed by atoms with Crippen molar-refractivity contribution in [1.29, 1.82) is 0 Å². The van der Waals surface area contributed by atoms with Crippen molar-refractivity contribution in [2.75, 3.05) is 12.4 Å². The Kier molecular flexibility index (Phi) is 3.13. The van der Waals surface area contributed by atoms with Gasteiger partial charge in [-0.05, 0) is 23.8 Å². The Morgan fingerprint density at radius 2 is 2.00 bits per heavy atom. The highest BCUT2D eigenvalue weighted by Gasteiger charge is 2.25. The van der Waals surface area contributed by atoms with Crippen LogP contribution in [-0.2, 0) is 0 Å². The summed E-state index contributed by atoms with van der Waals surface area (Å²) >= 11 is 0. The van der Waals surface area contributed by atoms with Gasteiger partial charge in [0.2, 0.25) is 0 Å². The van der Waals surface area contributed by atoms with Gasteiger partial charge in [0.25, 0.3) is 0 Å². The van der Waals surface area contributed by atoms with Gasteiger partial charge in [0.1, 0.15) is 5.75 Å². The summed E-state index contributed by atoms with van der Waals surface area (Å²) in [6, 6.07) is 16.0. The van der Waals surface area contributed by atoms with E-state index in [4.69, 9.17) is 4.74 Å². The zero-order valence-electron chi connectivity index (χ0n) is 10.8. The maximum atomic E-state index is 10.2. The number of rotatable bonds is 2. The van der Waals surface area contributed by atoms with Crippen LogP contribution in [0.5, 0.6) is 5.75 Å². The van der Waals surface area contributed by atoms with Crippen LogP contribution in [0, 0.1) is 0 Å². The van der Waals surface area contributed by atoms with Gasteiger partial charge in [0.05, 0.1) is 19.3 Å². The van der Waals surface area contributed by atoms with Crippen molar-refractivity contribution in [3.05, 3.63) is 59.7 Å². The van der Waals surface area contributed by atoms with Gasteiger partial charge in [0, 0.05) is 17.7 Å². The molecule has 2 atom stereocenters. The van der Waals surface area contributed by atoms with Crippen LogP contribution >= 0.6 is 0 Å². The van der Waals surface area contributed by atoms with Crippen molar-refractivity contribution in [2.45, 2.75) is 18.6 Å². The first-order chi connectivity index (χ1) is 9.28. The van der Waals surface area contributed by atoms with E-state index in [-0.39, 0.29) is 6.04 Å². The number of benzene rings is 2. The summed E-state index contributed by atoms with van der Waals surface area (Å²) in [6.07, 6.45) is 0.248. The highest BCUT2D eigenvalue weighted by molar-refractivity contribution is 5.56. The third-order valence-electron chi connectivity index (χ3n) is 3.60. The molecule has 0 saturated heterocycles. The van der Waals surface area contributed by atoms with E-state index in [2.05, 4.69) is 11.4 Å². The number of hydrogen-bond acceptors (Lipinski definition) is 3. The fourth-order valence-corrected chi connectivity index (χ4v) is 2.59. The molecule has 1 aliphatic rings. The lowest BCUT2D eigenvalue weighted by Crippen LogP contribution is -2.21. The number of aliphatic hydroxyl groups is 1. The molecule has 19 heavy (non-hydrogen) atoms. The molecule has 2 N–H and O–H groups in total. The molecule has 0 bridgehead atoms. The van der Waals surface area contributed by atoms with Gasteiger partial charge in [-0.25, -0.2) is 0 Å². The Bertz CT molecular complexity index is 582. The highest BCUT2D eigenvalue weighted by Crippen LogP contribution is 2.39. The van der Waals surface area contributed by atoms with Crippen molar-refractivity contribution in [3.63, 3.8) is 0 Å². The smallest absolute Gasteiger partial charge is 0.119 e. The second kappa shape index (κ2) is 4.94. The zero-order chi connectivity index (χ0) is 13.2. The van der Waals surface area contributed by atoms with Gasteiger partial charge in [-0.15, -0.1) is 0 Å². The summed E-state index contributed by atoms with van der Waals surface area (Å²) in [5.74, 6) is 0.840.